The van der Waals surface area contributed by atoms with Crippen LogP contribution in [0.25, 0.3) is 0 Å². The van der Waals surface area contributed by atoms with Gasteiger partial charge in [-0.3, -0.25) is 9.69 Å². The van der Waals surface area contributed by atoms with Crippen LogP contribution in [-0.4, -0.2) is 29.1 Å². The molecule has 3 aromatic carbocycles. The summed E-state index contributed by atoms with van der Waals surface area (Å²) in [5.74, 6) is 0.675. The Bertz CT molecular complexity index is 1170. The fourth-order valence-corrected chi connectivity index (χ4v) is 6.05. The highest BCUT2D eigenvalue weighted by atomic mass is 32.2. The lowest BCUT2D eigenvalue weighted by Gasteiger charge is -2.33. The zero-order valence-corrected chi connectivity index (χ0v) is 18.8. The summed E-state index contributed by atoms with van der Waals surface area (Å²) in [6.45, 7) is 3.50. The Morgan fingerprint density at radius 2 is 1.75 bits per heavy atom. The Balaban J connectivity index is 1.45. The molecule has 0 aliphatic carbocycles. The second-order valence-corrected chi connectivity index (χ2v) is 9.47. The largest absolute Gasteiger partial charge is 0.334 e. The SMILES string of the molecule is Cc1cccc(CN2C(=O)[C@@]3(SCCN3C(=O)NCc3ccccc3)c3ccccc32)c1. The number of hydrogen-bond donors (Lipinski definition) is 1. The van der Waals surface area contributed by atoms with Crippen molar-refractivity contribution in [3.63, 3.8) is 0 Å². The number of urea groups is 1. The van der Waals surface area contributed by atoms with Crippen molar-refractivity contribution in [1.29, 1.82) is 0 Å². The molecule has 1 atom stereocenters. The number of hydrogen-bond acceptors (Lipinski definition) is 3. The smallest absolute Gasteiger partial charge is 0.319 e. The molecule has 3 amide bonds. The number of benzene rings is 3. The molecule has 32 heavy (non-hydrogen) atoms. The predicted molar refractivity (Wildman–Crippen MR) is 128 cm³/mol. The summed E-state index contributed by atoms with van der Waals surface area (Å²) in [4.78, 5) is 29.8. The summed E-state index contributed by atoms with van der Waals surface area (Å²) in [6.07, 6.45) is 0. The van der Waals surface area contributed by atoms with Crippen LogP contribution in [0.15, 0.2) is 78.9 Å². The number of para-hydroxylation sites is 1. The highest BCUT2D eigenvalue weighted by Gasteiger charge is 2.59. The summed E-state index contributed by atoms with van der Waals surface area (Å²) in [5.41, 5.74) is 5.05. The number of aryl methyl sites for hydroxylation is 1. The maximum atomic E-state index is 13.9. The lowest BCUT2D eigenvalue weighted by Crippen LogP contribution is -2.53. The van der Waals surface area contributed by atoms with Crippen molar-refractivity contribution in [1.82, 2.24) is 10.2 Å². The first-order valence-corrected chi connectivity index (χ1v) is 11.8. The summed E-state index contributed by atoms with van der Waals surface area (Å²) < 4.78 is 0. The molecule has 2 aliphatic heterocycles. The van der Waals surface area contributed by atoms with E-state index in [9.17, 15) is 9.59 Å². The van der Waals surface area contributed by atoms with Crippen LogP contribution in [0.4, 0.5) is 10.5 Å². The first kappa shape index (κ1) is 20.6. The maximum absolute atomic E-state index is 13.9. The van der Waals surface area contributed by atoms with Crippen LogP contribution in [0, 0.1) is 6.92 Å². The highest BCUT2D eigenvalue weighted by molar-refractivity contribution is 8.01. The zero-order chi connectivity index (χ0) is 22.1. The van der Waals surface area contributed by atoms with Crippen LogP contribution in [0.3, 0.4) is 0 Å². The van der Waals surface area contributed by atoms with E-state index in [1.165, 1.54) is 0 Å². The van der Waals surface area contributed by atoms with Gasteiger partial charge >= 0.3 is 6.03 Å². The van der Waals surface area contributed by atoms with Crippen molar-refractivity contribution in [3.8, 4) is 0 Å². The first-order valence-electron chi connectivity index (χ1n) is 10.8. The minimum absolute atomic E-state index is 0.0439. The number of carbonyl (C=O) groups excluding carboxylic acids is 2. The van der Waals surface area contributed by atoms with Gasteiger partial charge in [-0.25, -0.2) is 4.79 Å². The molecule has 1 saturated heterocycles. The van der Waals surface area contributed by atoms with E-state index in [-0.39, 0.29) is 11.9 Å². The van der Waals surface area contributed by atoms with Gasteiger partial charge in [-0.1, -0.05) is 78.4 Å². The van der Waals surface area contributed by atoms with Crippen molar-refractivity contribution >= 4 is 29.4 Å². The monoisotopic (exact) mass is 443 g/mol. The van der Waals surface area contributed by atoms with Gasteiger partial charge in [0.1, 0.15) is 0 Å². The quantitative estimate of drug-likeness (QED) is 0.638. The molecule has 0 radical (unpaired) electrons. The number of anilines is 1. The molecule has 1 spiro atoms. The highest BCUT2D eigenvalue weighted by Crippen LogP contribution is 2.54. The fourth-order valence-electron chi connectivity index (χ4n) is 4.59. The summed E-state index contributed by atoms with van der Waals surface area (Å²) in [5, 5.41) is 3.02. The third-order valence-corrected chi connectivity index (χ3v) is 7.48. The second-order valence-electron chi connectivity index (χ2n) is 8.19. The number of carbonyl (C=O) groups is 2. The molecule has 3 aromatic rings. The molecule has 0 aromatic heterocycles. The van der Waals surface area contributed by atoms with E-state index in [0.29, 0.717) is 19.6 Å². The van der Waals surface area contributed by atoms with Gasteiger partial charge in [0.2, 0.25) is 0 Å². The van der Waals surface area contributed by atoms with Crippen molar-refractivity contribution in [2.45, 2.75) is 24.9 Å². The van der Waals surface area contributed by atoms with E-state index in [2.05, 4.69) is 24.4 Å². The van der Waals surface area contributed by atoms with E-state index in [4.69, 9.17) is 0 Å². The normalized spacial score (nSPS) is 19.5. The molecular formula is C26H25N3O2S. The second kappa shape index (κ2) is 8.36. The third-order valence-electron chi connectivity index (χ3n) is 6.06. The van der Waals surface area contributed by atoms with Crippen LogP contribution in [0.5, 0.6) is 0 Å². The number of fused-ring (bicyclic) bond motifs is 2. The van der Waals surface area contributed by atoms with Crippen molar-refractivity contribution in [3.05, 3.63) is 101 Å². The molecule has 2 heterocycles. The van der Waals surface area contributed by atoms with Gasteiger partial charge in [0.25, 0.3) is 5.91 Å². The van der Waals surface area contributed by atoms with Crippen LogP contribution in [-0.2, 0) is 22.8 Å². The van der Waals surface area contributed by atoms with E-state index in [1.807, 2.05) is 71.6 Å². The number of nitrogens with zero attached hydrogens (tertiary/aromatic N) is 2. The first-order chi connectivity index (χ1) is 15.6. The van der Waals surface area contributed by atoms with Gasteiger partial charge in [-0.2, -0.15) is 0 Å². The number of amides is 3. The Hall–Kier alpha value is -3.25. The summed E-state index contributed by atoms with van der Waals surface area (Å²) in [6, 6.07) is 25.7. The van der Waals surface area contributed by atoms with Crippen LogP contribution in [0.2, 0.25) is 0 Å². The molecule has 0 unspecified atom stereocenters. The van der Waals surface area contributed by atoms with E-state index in [1.54, 1.807) is 16.7 Å². The van der Waals surface area contributed by atoms with Gasteiger partial charge in [0.05, 0.1) is 12.2 Å². The molecule has 5 rings (SSSR count). The predicted octanol–water partition coefficient (Wildman–Crippen LogP) is 4.65. The minimum atomic E-state index is -1.01. The summed E-state index contributed by atoms with van der Waals surface area (Å²) in [7, 11) is 0. The molecule has 0 saturated carbocycles. The maximum Gasteiger partial charge on any atom is 0.319 e. The van der Waals surface area contributed by atoms with Crippen LogP contribution >= 0.6 is 11.8 Å². The molecule has 0 bridgehead atoms. The van der Waals surface area contributed by atoms with Crippen LogP contribution < -0.4 is 10.2 Å². The fraction of sp³-hybridized carbons (Fsp3) is 0.231. The molecule has 5 nitrogen and oxygen atoms in total. The van der Waals surface area contributed by atoms with Gasteiger partial charge in [-0.05, 0) is 24.1 Å². The van der Waals surface area contributed by atoms with E-state index >= 15 is 0 Å². The standard InChI is InChI=1S/C26H25N3O2S/c1-19-8-7-11-21(16-19)18-28-23-13-6-5-12-22(23)26(24(28)30)29(14-15-32-26)25(31)27-17-20-9-3-2-4-10-20/h2-13,16H,14-15,17-18H2,1H3,(H,27,31)/t26-/m0/s1. The number of nitrogens with one attached hydrogen (secondary N) is 1. The van der Waals surface area contributed by atoms with Gasteiger partial charge < -0.3 is 10.2 Å². The molecule has 2 aliphatic rings. The minimum Gasteiger partial charge on any atom is -0.334 e. The Labute approximate surface area is 192 Å². The molecule has 1 N–H and O–H groups in total. The molecule has 162 valence electrons. The third kappa shape index (κ3) is 3.45. The Morgan fingerprint density at radius 3 is 2.56 bits per heavy atom. The summed E-state index contributed by atoms with van der Waals surface area (Å²) >= 11 is 1.55. The van der Waals surface area contributed by atoms with Gasteiger partial charge in [0.15, 0.2) is 4.87 Å². The van der Waals surface area contributed by atoms with E-state index < -0.39 is 4.87 Å². The van der Waals surface area contributed by atoms with Gasteiger partial charge in [-0.15, -0.1) is 11.8 Å². The zero-order valence-electron chi connectivity index (χ0n) is 18.0. The Kier molecular flexibility index (Phi) is 5.39. The topological polar surface area (TPSA) is 52.7 Å². The Morgan fingerprint density at radius 1 is 1.00 bits per heavy atom. The number of thioether (sulfide) groups is 1. The number of rotatable bonds is 4. The lowest BCUT2D eigenvalue weighted by atomic mass is 10.1. The van der Waals surface area contributed by atoms with Crippen LogP contribution in [0.1, 0.15) is 22.3 Å². The lowest BCUT2D eigenvalue weighted by molar-refractivity contribution is -0.123. The molecular weight excluding hydrogens is 418 g/mol. The van der Waals surface area contributed by atoms with Crippen molar-refractivity contribution in [2.75, 3.05) is 17.2 Å². The van der Waals surface area contributed by atoms with E-state index in [0.717, 1.165) is 33.7 Å². The average molecular weight is 444 g/mol. The van der Waals surface area contributed by atoms with Gasteiger partial charge in [0, 0.05) is 24.4 Å². The average Bonchev–Trinajstić information content (AvgIpc) is 3.36. The molecule has 1 fully saturated rings. The molecule has 6 heteroatoms. The van der Waals surface area contributed by atoms with Crippen molar-refractivity contribution < 1.29 is 9.59 Å². The van der Waals surface area contributed by atoms with Crippen molar-refractivity contribution in [2.24, 2.45) is 0 Å².